The van der Waals surface area contributed by atoms with E-state index in [0.717, 1.165) is 43.1 Å². The standard InChI is InChI=1S/C15H18ClN5O/c16-15-7-12(18-11-1-2-11)14(8-17-15)21-9-13(19-20-21)10-3-5-22-6-4-10/h7-11H,1-6H2,(H,17,18). The quantitative estimate of drug-likeness (QED) is 0.878. The molecule has 0 atom stereocenters. The van der Waals surface area contributed by atoms with E-state index in [2.05, 4.69) is 20.6 Å². The van der Waals surface area contributed by atoms with Crippen LogP contribution in [-0.4, -0.2) is 39.2 Å². The third kappa shape index (κ3) is 2.94. The van der Waals surface area contributed by atoms with Crippen molar-refractivity contribution in [1.82, 2.24) is 20.0 Å². The fourth-order valence-electron chi connectivity index (χ4n) is 2.74. The minimum Gasteiger partial charge on any atom is -0.381 e. The predicted molar refractivity (Wildman–Crippen MR) is 83.6 cm³/mol. The average Bonchev–Trinajstić information content (AvgIpc) is 3.22. The van der Waals surface area contributed by atoms with Crippen molar-refractivity contribution in [2.24, 2.45) is 0 Å². The molecule has 2 aromatic heterocycles. The van der Waals surface area contributed by atoms with Gasteiger partial charge in [0, 0.05) is 31.2 Å². The lowest BCUT2D eigenvalue weighted by Gasteiger charge is -2.19. The van der Waals surface area contributed by atoms with E-state index in [0.29, 0.717) is 17.1 Å². The van der Waals surface area contributed by atoms with E-state index in [9.17, 15) is 0 Å². The van der Waals surface area contributed by atoms with Crippen molar-refractivity contribution in [3.05, 3.63) is 29.3 Å². The van der Waals surface area contributed by atoms with Crippen molar-refractivity contribution in [3.63, 3.8) is 0 Å². The third-order valence-electron chi connectivity index (χ3n) is 4.18. The highest BCUT2D eigenvalue weighted by molar-refractivity contribution is 6.29. The van der Waals surface area contributed by atoms with E-state index >= 15 is 0 Å². The zero-order chi connectivity index (χ0) is 14.9. The molecule has 3 heterocycles. The van der Waals surface area contributed by atoms with Gasteiger partial charge in [-0.3, -0.25) is 0 Å². The topological polar surface area (TPSA) is 64.9 Å². The fraction of sp³-hybridized carbons (Fsp3) is 0.533. The van der Waals surface area contributed by atoms with Gasteiger partial charge in [-0.25, -0.2) is 9.67 Å². The van der Waals surface area contributed by atoms with Crippen molar-refractivity contribution >= 4 is 17.3 Å². The molecule has 0 unspecified atom stereocenters. The van der Waals surface area contributed by atoms with Crippen LogP contribution in [0.25, 0.3) is 5.69 Å². The van der Waals surface area contributed by atoms with Gasteiger partial charge >= 0.3 is 0 Å². The first-order valence-corrected chi connectivity index (χ1v) is 8.10. The molecule has 0 amide bonds. The number of rotatable bonds is 4. The van der Waals surface area contributed by atoms with Gasteiger partial charge in [-0.1, -0.05) is 16.8 Å². The summed E-state index contributed by atoms with van der Waals surface area (Å²) in [6, 6.07) is 2.39. The summed E-state index contributed by atoms with van der Waals surface area (Å²) in [5.41, 5.74) is 2.88. The maximum absolute atomic E-state index is 6.02. The molecule has 1 aliphatic carbocycles. The van der Waals surface area contributed by atoms with Crippen LogP contribution in [-0.2, 0) is 4.74 Å². The van der Waals surface area contributed by atoms with E-state index in [1.807, 2.05) is 12.3 Å². The molecule has 0 radical (unpaired) electrons. The second-order valence-electron chi connectivity index (χ2n) is 5.92. The molecule has 22 heavy (non-hydrogen) atoms. The van der Waals surface area contributed by atoms with E-state index in [4.69, 9.17) is 16.3 Å². The number of nitrogens with one attached hydrogen (secondary N) is 1. The number of ether oxygens (including phenoxy) is 1. The fourth-order valence-corrected chi connectivity index (χ4v) is 2.90. The minimum atomic E-state index is 0.433. The largest absolute Gasteiger partial charge is 0.381 e. The maximum atomic E-state index is 6.02. The molecule has 2 fully saturated rings. The first-order chi connectivity index (χ1) is 10.8. The molecular weight excluding hydrogens is 302 g/mol. The van der Waals surface area contributed by atoms with E-state index in [-0.39, 0.29) is 0 Å². The summed E-state index contributed by atoms with van der Waals surface area (Å²) in [7, 11) is 0. The zero-order valence-corrected chi connectivity index (χ0v) is 13.0. The number of pyridine rings is 1. The molecular formula is C15H18ClN5O. The SMILES string of the molecule is Clc1cc(NC2CC2)c(-n2cc(C3CCOCC3)nn2)cn1. The highest BCUT2D eigenvalue weighted by Crippen LogP contribution is 2.30. The molecule has 1 aliphatic heterocycles. The predicted octanol–water partition coefficient (Wildman–Crippen LogP) is 2.78. The van der Waals surface area contributed by atoms with Crippen LogP contribution in [0.4, 0.5) is 5.69 Å². The first-order valence-electron chi connectivity index (χ1n) is 7.72. The molecule has 4 rings (SSSR count). The van der Waals surface area contributed by atoms with Gasteiger partial charge in [0.1, 0.15) is 10.8 Å². The van der Waals surface area contributed by atoms with Crippen molar-refractivity contribution in [1.29, 1.82) is 0 Å². The Balaban J connectivity index is 1.62. The summed E-state index contributed by atoms with van der Waals surface area (Å²) in [4.78, 5) is 4.18. The lowest BCUT2D eigenvalue weighted by molar-refractivity contribution is 0.0845. The Kier molecular flexibility index (Phi) is 3.72. The molecule has 0 bridgehead atoms. The Morgan fingerprint density at radius 3 is 2.82 bits per heavy atom. The molecule has 7 heteroatoms. The van der Waals surface area contributed by atoms with E-state index < -0.39 is 0 Å². The summed E-state index contributed by atoms with van der Waals surface area (Å²) >= 11 is 6.02. The van der Waals surface area contributed by atoms with Gasteiger partial charge in [0.15, 0.2) is 0 Å². The highest BCUT2D eigenvalue weighted by Gasteiger charge is 2.24. The summed E-state index contributed by atoms with van der Waals surface area (Å²) in [6.07, 6.45) is 8.15. The monoisotopic (exact) mass is 319 g/mol. The van der Waals surface area contributed by atoms with Crippen LogP contribution in [0, 0.1) is 0 Å². The Bertz CT molecular complexity index is 664. The van der Waals surface area contributed by atoms with Crippen LogP contribution in [0.15, 0.2) is 18.5 Å². The van der Waals surface area contributed by atoms with Gasteiger partial charge < -0.3 is 10.1 Å². The Morgan fingerprint density at radius 1 is 1.23 bits per heavy atom. The van der Waals surface area contributed by atoms with Gasteiger partial charge in [-0.2, -0.15) is 0 Å². The van der Waals surface area contributed by atoms with E-state index in [1.165, 1.54) is 12.8 Å². The van der Waals surface area contributed by atoms with Crippen LogP contribution in [0.2, 0.25) is 5.15 Å². The van der Waals surface area contributed by atoms with Crippen LogP contribution in [0.5, 0.6) is 0 Å². The lowest BCUT2D eigenvalue weighted by Crippen LogP contribution is -2.14. The smallest absolute Gasteiger partial charge is 0.131 e. The van der Waals surface area contributed by atoms with Crippen LogP contribution in [0.3, 0.4) is 0 Å². The van der Waals surface area contributed by atoms with Gasteiger partial charge in [0.25, 0.3) is 0 Å². The van der Waals surface area contributed by atoms with Gasteiger partial charge in [-0.05, 0) is 25.7 Å². The van der Waals surface area contributed by atoms with Crippen LogP contribution in [0.1, 0.15) is 37.3 Å². The Labute approximate surface area is 133 Å². The normalized spacial score (nSPS) is 19.3. The lowest BCUT2D eigenvalue weighted by atomic mass is 9.97. The Hall–Kier alpha value is -1.66. The highest BCUT2D eigenvalue weighted by atomic mass is 35.5. The number of nitrogens with zero attached hydrogens (tertiary/aromatic N) is 4. The molecule has 6 nitrogen and oxygen atoms in total. The molecule has 1 saturated heterocycles. The average molecular weight is 320 g/mol. The van der Waals surface area contributed by atoms with Crippen molar-refractivity contribution in [2.75, 3.05) is 18.5 Å². The number of hydrogen-bond acceptors (Lipinski definition) is 5. The zero-order valence-electron chi connectivity index (χ0n) is 12.2. The van der Waals surface area contributed by atoms with Crippen LogP contribution < -0.4 is 5.32 Å². The van der Waals surface area contributed by atoms with E-state index in [1.54, 1.807) is 10.9 Å². The van der Waals surface area contributed by atoms with Crippen LogP contribution >= 0.6 is 11.6 Å². The number of halogens is 1. The molecule has 116 valence electrons. The minimum absolute atomic E-state index is 0.433. The Morgan fingerprint density at radius 2 is 2.05 bits per heavy atom. The summed E-state index contributed by atoms with van der Waals surface area (Å²) in [5, 5.41) is 12.6. The van der Waals surface area contributed by atoms with Crippen molar-refractivity contribution in [2.45, 2.75) is 37.6 Å². The number of hydrogen-bond donors (Lipinski definition) is 1. The maximum Gasteiger partial charge on any atom is 0.131 e. The van der Waals surface area contributed by atoms with Crippen molar-refractivity contribution in [3.8, 4) is 5.69 Å². The summed E-state index contributed by atoms with van der Waals surface area (Å²) in [5.74, 6) is 0.433. The van der Waals surface area contributed by atoms with Gasteiger partial charge in [0.05, 0.1) is 23.8 Å². The van der Waals surface area contributed by atoms with Gasteiger partial charge in [0.2, 0.25) is 0 Å². The molecule has 0 aromatic carbocycles. The molecule has 1 N–H and O–H groups in total. The summed E-state index contributed by atoms with van der Waals surface area (Å²) in [6.45, 7) is 1.60. The summed E-state index contributed by atoms with van der Waals surface area (Å²) < 4.78 is 7.20. The third-order valence-corrected chi connectivity index (χ3v) is 4.39. The first kappa shape index (κ1) is 14.0. The van der Waals surface area contributed by atoms with Gasteiger partial charge in [-0.15, -0.1) is 5.10 Å². The number of anilines is 1. The van der Waals surface area contributed by atoms with Crippen molar-refractivity contribution < 1.29 is 4.74 Å². The number of aromatic nitrogens is 4. The molecule has 2 aromatic rings. The molecule has 0 spiro atoms. The second-order valence-corrected chi connectivity index (χ2v) is 6.30. The molecule has 2 aliphatic rings. The second kappa shape index (κ2) is 5.85. The molecule has 1 saturated carbocycles.